The van der Waals surface area contributed by atoms with Crippen molar-refractivity contribution in [2.24, 2.45) is 0 Å². The van der Waals surface area contributed by atoms with Gasteiger partial charge < -0.3 is 9.64 Å². The highest BCUT2D eigenvalue weighted by Crippen LogP contribution is 2.23. The van der Waals surface area contributed by atoms with Crippen LogP contribution in [0.4, 0.5) is 0 Å². The van der Waals surface area contributed by atoms with E-state index >= 15 is 0 Å². The number of aromatic nitrogens is 1. The lowest BCUT2D eigenvalue weighted by Gasteiger charge is -2.38. The first-order chi connectivity index (χ1) is 9.02. The molecule has 0 saturated carbocycles. The lowest BCUT2D eigenvalue weighted by atomic mass is 10.1. The van der Waals surface area contributed by atoms with Crippen LogP contribution < -0.4 is 0 Å². The van der Waals surface area contributed by atoms with Gasteiger partial charge in [0, 0.05) is 12.7 Å². The molecule has 0 aromatic carbocycles. The zero-order chi connectivity index (χ0) is 14.0. The Kier molecular flexibility index (Phi) is 4.66. The predicted octanol–water partition coefficient (Wildman–Crippen LogP) is 3.03. The normalized spacial score (nSPS) is 23.5. The monoisotopic (exact) mass is 302 g/mol. The van der Waals surface area contributed by atoms with E-state index in [1.165, 1.54) is 12.3 Å². The molecule has 1 fully saturated rings. The van der Waals surface area contributed by atoms with Crippen LogP contribution in [-0.4, -0.2) is 41.1 Å². The Morgan fingerprint density at radius 2 is 2.32 bits per heavy atom. The van der Waals surface area contributed by atoms with Gasteiger partial charge in [-0.15, -0.1) is 0 Å². The Morgan fingerprint density at radius 3 is 3.00 bits per heavy atom. The fraction of sp³-hybridized carbons (Fsp3) is 0.538. The Morgan fingerprint density at radius 1 is 1.58 bits per heavy atom. The quantitative estimate of drug-likeness (QED) is 0.789. The number of morpholine rings is 1. The summed E-state index contributed by atoms with van der Waals surface area (Å²) in [5.74, 6) is -0.115. The number of carbonyl (C=O) groups excluding carboxylic acids is 1. The van der Waals surface area contributed by atoms with Crippen molar-refractivity contribution >= 4 is 29.1 Å². The van der Waals surface area contributed by atoms with Crippen LogP contribution in [0.1, 0.15) is 30.6 Å². The summed E-state index contributed by atoms with van der Waals surface area (Å²) < 4.78 is 5.59. The molecular weight excluding hydrogens is 287 g/mol. The molecule has 1 amide bonds. The van der Waals surface area contributed by atoms with E-state index in [2.05, 4.69) is 4.98 Å². The maximum absolute atomic E-state index is 12.6. The van der Waals surface area contributed by atoms with Crippen LogP contribution in [0.5, 0.6) is 0 Å². The van der Waals surface area contributed by atoms with Gasteiger partial charge in [-0.05, 0) is 19.4 Å². The third-order valence-corrected chi connectivity index (χ3v) is 3.76. The molecule has 1 aliphatic heterocycles. The third-order valence-electron chi connectivity index (χ3n) is 3.25. The van der Waals surface area contributed by atoms with Gasteiger partial charge in [0.25, 0.3) is 5.91 Å². The highest BCUT2D eigenvalue weighted by atomic mass is 35.5. The summed E-state index contributed by atoms with van der Waals surface area (Å²) in [6.45, 7) is 5.10. The molecule has 0 bridgehead atoms. The van der Waals surface area contributed by atoms with E-state index in [1.807, 2.05) is 18.7 Å². The van der Waals surface area contributed by atoms with Gasteiger partial charge >= 0.3 is 0 Å². The zero-order valence-electron chi connectivity index (χ0n) is 10.9. The molecule has 0 N–H and O–H groups in total. The minimum atomic E-state index is -0.115. The number of ether oxygens (including phenoxy) is 1. The molecule has 104 valence electrons. The van der Waals surface area contributed by atoms with E-state index in [9.17, 15) is 4.79 Å². The minimum absolute atomic E-state index is 0.0304. The molecule has 0 aliphatic carbocycles. The Hall–Kier alpha value is -0.840. The van der Waals surface area contributed by atoms with Crippen molar-refractivity contribution in [3.05, 3.63) is 28.0 Å². The van der Waals surface area contributed by atoms with Crippen LogP contribution in [0.25, 0.3) is 0 Å². The summed E-state index contributed by atoms with van der Waals surface area (Å²) in [7, 11) is 0. The van der Waals surface area contributed by atoms with Gasteiger partial charge in [-0.2, -0.15) is 0 Å². The lowest BCUT2D eigenvalue weighted by Crippen LogP contribution is -2.51. The average molecular weight is 303 g/mol. The number of amides is 1. The van der Waals surface area contributed by atoms with Crippen LogP contribution >= 0.6 is 23.2 Å². The van der Waals surface area contributed by atoms with Gasteiger partial charge in [-0.3, -0.25) is 4.79 Å². The summed E-state index contributed by atoms with van der Waals surface area (Å²) in [6, 6.07) is 1.59. The van der Waals surface area contributed by atoms with Gasteiger partial charge in [-0.25, -0.2) is 4.98 Å². The van der Waals surface area contributed by atoms with E-state index in [4.69, 9.17) is 27.9 Å². The molecule has 2 unspecified atom stereocenters. The molecule has 19 heavy (non-hydrogen) atoms. The van der Waals surface area contributed by atoms with Gasteiger partial charge in [0.2, 0.25) is 0 Å². The number of halogens is 2. The molecule has 2 rings (SSSR count). The van der Waals surface area contributed by atoms with Crippen molar-refractivity contribution in [3.63, 3.8) is 0 Å². The molecule has 2 heterocycles. The summed E-state index contributed by atoms with van der Waals surface area (Å²) in [5.41, 5.74) is 0.397. The van der Waals surface area contributed by atoms with Crippen molar-refractivity contribution in [3.8, 4) is 0 Å². The van der Waals surface area contributed by atoms with Crippen LogP contribution in [-0.2, 0) is 4.74 Å². The second-order valence-electron chi connectivity index (χ2n) is 4.65. The first-order valence-electron chi connectivity index (χ1n) is 6.26. The van der Waals surface area contributed by atoms with E-state index in [0.29, 0.717) is 23.7 Å². The topological polar surface area (TPSA) is 42.4 Å². The van der Waals surface area contributed by atoms with Crippen molar-refractivity contribution in [2.75, 3.05) is 13.2 Å². The Labute approximate surface area is 122 Å². The average Bonchev–Trinajstić information content (AvgIpc) is 2.40. The first-order valence-corrected chi connectivity index (χ1v) is 7.02. The molecule has 1 aliphatic rings. The van der Waals surface area contributed by atoms with E-state index in [1.54, 1.807) is 0 Å². The highest BCUT2D eigenvalue weighted by Gasteiger charge is 2.31. The van der Waals surface area contributed by atoms with Crippen LogP contribution in [0, 0.1) is 0 Å². The Balaban J connectivity index is 2.28. The zero-order valence-corrected chi connectivity index (χ0v) is 12.4. The van der Waals surface area contributed by atoms with Crippen LogP contribution in [0.3, 0.4) is 0 Å². The number of rotatable bonds is 2. The molecule has 2 atom stereocenters. The number of nitrogens with zero attached hydrogens (tertiary/aromatic N) is 2. The van der Waals surface area contributed by atoms with E-state index < -0.39 is 0 Å². The largest absolute Gasteiger partial charge is 0.375 e. The minimum Gasteiger partial charge on any atom is -0.375 e. The standard InChI is InChI=1S/C13H16Cl2N2O2/c1-3-9-7-19-8(2)6-17(9)13(18)10-4-12(15)16-5-11(10)14/h4-5,8-9H,3,6-7H2,1-2H3. The Bertz CT molecular complexity index is 482. The summed E-state index contributed by atoms with van der Waals surface area (Å²) in [6.07, 6.45) is 2.28. The molecule has 6 heteroatoms. The highest BCUT2D eigenvalue weighted by molar-refractivity contribution is 6.35. The smallest absolute Gasteiger partial charge is 0.255 e. The fourth-order valence-corrected chi connectivity index (χ4v) is 2.50. The number of hydrogen-bond acceptors (Lipinski definition) is 3. The maximum Gasteiger partial charge on any atom is 0.255 e. The van der Waals surface area contributed by atoms with Crippen molar-refractivity contribution < 1.29 is 9.53 Å². The summed E-state index contributed by atoms with van der Waals surface area (Å²) in [5, 5.41) is 0.588. The second kappa shape index (κ2) is 6.07. The molecule has 0 radical (unpaired) electrons. The maximum atomic E-state index is 12.6. The molecule has 1 saturated heterocycles. The van der Waals surface area contributed by atoms with Crippen LogP contribution in [0.15, 0.2) is 12.3 Å². The van der Waals surface area contributed by atoms with Gasteiger partial charge in [-0.1, -0.05) is 30.1 Å². The SMILES string of the molecule is CCC1COC(C)CN1C(=O)c1cc(Cl)ncc1Cl. The fourth-order valence-electron chi connectivity index (χ4n) is 2.16. The number of pyridine rings is 1. The second-order valence-corrected chi connectivity index (χ2v) is 5.44. The molecule has 0 spiro atoms. The van der Waals surface area contributed by atoms with E-state index in [0.717, 1.165) is 6.42 Å². The summed E-state index contributed by atoms with van der Waals surface area (Å²) >= 11 is 11.9. The van der Waals surface area contributed by atoms with Crippen molar-refractivity contribution in [2.45, 2.75) is 32.4 Å². The molecular formula is C13H16Cl2N2O2. The first kappa shape index (κ1) is 14.6. The summed E-state index contributed by atoms with van der Waals surface area (Å²) in [4.78, 5) is 18.3. The molecule has 1 aromatic rings. The number of carbonyl (C=O) groups is 1. The lowest BCUT2D eigenvalue weighted by molar-refractivity contribution is -0.0444. The van der Waals surface area contributed by atoms with Crippen molar-refractivity contribution in [1.82, 2.24) is 9.88 Å². The predicted molar refractivity (Wildman–Crippen MR) is 74.8 cm³/mol. The number of hydrogen-bond donors (Lipinski definition) is 0. The van der Waals surface area contributed by atoms with Crippen LogP contribution in [0.2, 0.25) is 10.2 Å². The van der Waals surface area contributed by atoms with E-state index in [-0.39, 0.29) is 23.2 Å². The van der Waals surface area contributed by atoms with Gasteiger partial charge in [0.15, 0.2) is 0 Å². The van der Waals surface area contributed by atoms with Gasteiger partial charge in [0.1, 0.15) is 5.15 Å². The molecule has 1 aromatic heterocycles. The third kappa shape index (κ3) is 3.19. The molecule has 4 nitrogen and oxygen atoms in total. The van der Waals surface area contributed by atoms with Crippen molar-refractivity contribution in [1.29, 1.82) is 0 Å². The van der Waals surface area contributed by atoms with Gasteiger partial charge in [0.05, 0.1) is 29.3 Å².